The van der Waals surface area contributed by atoms with Crippen molar-refractivity contribution in [3.8, 4) is 0 Å². The van der Waals surface area contributed by atoms with Gasteiger partial charge >= 0.3 is 0 Å². The fourth-order valence-corrected chi connectivity index (χ4v) is 2.67. The molecular formula is C12H17NS. The van der Waals surface area contributed by atoms with Crippen LogP contribution in [0.3, 0.4) is 0 Å². The summed E-state index contributed by atoms with van der Waals surface area (Å²) in [6.07, 6.45) is 8.28. The first kappa shape index (κ1) is 9.94. The molecule has 1 nitrogen and oxygen atoms in total. The lowest BCUT2D eigenvalue weighted by atomic mass is 10.0. The summed E-state index contributed by atoms with van der Waals surface area (Å²) in [5, 5.41) is 8.06. The molecule has 76 valence electrons. The van der Waals surface area contributed by atoms with Crippen molar-refractivity contribution in [2.24, 2.45) is 0 Å². The maximum absolute atomic E-state index is 3.68. The summed E-state index contributed by atoms with van der Waals surface area (Å²) in [5.41, 5.74) is 1.42. The van der Waals surface area contributed by atoms with E-state index in [0.717, 1.165) is 0 Å². The Morgan fingerprint density at radius 1 is 1.50 bits per heavy atom. The number of nitrogens with one attached hydrogen (secondary N) is 1. The van der Waals surface area contributed by atoms with Crippen LogP contribution in [-0.2, 0) is 0 Å². The summed E-state index contributed by atoms with van der Waals surface area (Å²) in [6.45, 7) is 2.25. The number of thiophene rings is 1. The van der Waals surface area contributed by atoms with Crippen LogP contribution in [0, 0.1) is 0 Å². The van der Waals surface area contributed by atoms with Gasteiger partial charge in [-0.2, -0.15) is 11.3 Å². The van der Waals surface area contributed by atoms with Crippen molar-refractivity contribution in [1.29, 1.82) is 0 Å². The van der Waals surface area contributed by atoms with Crippen molar-refractivity contribution >= 4 is 11.3 Å². The van der Waals surface area contributed by atoms with E-state index in [0.29, 0.717) is 12.1 Å². The van der Waals surface area contributed by atoms with Gasteiger partial charge in [0, 0.05) is 12.1 Å². The van der Waals surface area contributed by atoms with Gasteiger partial charge in [0.2, 0.25) is 0 Å². The Labute approximate surface area is 89.8 Å². The molecule has 1 heterocycles. The zero-order valence-electron chi connectivity index (χ0n) is 8.57. The number of allylic oxidation sites excluding steroid dienone is 1. The first-order chi connectivity index (χ1) is 6.86. The average molecular weight is 207 g/mol. The third kappa shape index (κ3) is 2.46. The van der Waals surface area contributed by atoms with E-state index < -0.39 is 0 Å². The molecule has 0 saturated carbocycles. The van der Waals surface area contributed by atoms with Crippen LogP contribution in [0.1, 0.15) is 37.8 Å². The minimum atomic E-state index is 0.498. The van der Waals surface area contributed by atoms with Crippen molar-refractivity contribution < 1.29 is 0 Å². The summed E-state index contributed by atoms with van der Waals surface area (Å²) >= 11 is 1.78. The fourth-order valence-electron chi connectivity index (χ4n) is 1.92. The van der Waals surface area contributed by atoms with E-state index in [-0.39, 0.29) is 0 Å². The lowest BCUT2D eigenvalue weighted by Gasteiger charge is -2.23. The third-order valence-corrected chi connectivity index (χ3v) is 3.50. The Morgan fingerprint density at radius 2 is 2.43 bits per heavy atom. The molecule has 2 heteroatoms. The second kappa shape index (κ2) is 4.76. The molecule has 1 N–H and O–H groups in total. The minimum Gasteiger partial charge on any atom is -0.307 e. The zero-order chi connectivity index (χ0) is 9.80. The number of rotatable bonds is 3. The fraction of sp³-hybridized carbons (Fsp3) is 0.500. The van der Waals surface area contributed by atoms with Gasteiger partial charge < -0.3 is 5.32 Å². The summed E-state index contributed by atoms with van der Waals surface area (Å²) in [6, 6.07) is 3.38. The van der Waals surface area contributed by atoms with Crippen molar-refractivity contribution in [1.82, 2.24) is 5.32 Å². The van der Waals surface area contributed by atoms with Gasteiger partial charge in [0.1, 0.15) is 0 Å². The highest BCUT2D eigenvalue weighted by Gasteiger charge is 2.13. The van der Waals surface area contributed by atoms with Crippen LogP contribution in [-0.4, -0.2) is 6.04 Å². The van der Waals surface area contributed by atoms with E-state index in [1.54, 1.807) is 11.3 Å². The topological polar surface area (TPSA) is 12.0 Å². The van der Waals surface area contributed by atoms with Crippen LogP contribution < -0.4 is 5.32 Å². The first-order valence-corrected chi connectivity index (χ1v) is 6.23. The summed E-state index contributed by atoms with van der Waals surface area (Å²) < 4.78 is 0. The molecule has 0 aromatic carbocycles. The van der Waals surface area contributed by atoms with Gasteiger partial charge in [0.15, 0.2) is 0 Å². The predicted molar refractivity (Wildman–Crippen MR) is 62.6 cm³/mol. The maximum Gasteiger partial charge on any atom is 0.0302 e. The SMILES string of the molecule is CC(NC1CC=CCC1)c1ccsc1. The van der Waals surface area contributed by atoms with Gasteiger partial charge in [-0.3, -0.25) is 0 Å². The normalized spacial score (nSPS) is 23.6. The molecule has 14 heavy (non-hydrogen) atoms. The maximum atomic E-state index is 3.68. The highest BCUT2D eigenvalue weighted by atomic mass is 32.1. The Kier molecular flexibility index (Phi) is 3.38. The average Bonchev–Trinajstić information content (AvgIpc) is 2.72. The Hall–Kier alpha value is -0.600. The standard InChI is InChI=1S/C12H17NS/c1-10(11-7-8-14-9-11)13-12-5-3-2-4-6-12/h2-3,7-10,12-13H,4-6H2,1H3. The van der Waals surface area contributed by atoms with Crippen LogP contribution >= 0.6 is 11.3 Å². The molecule has 1 aromatic rings. The number of hydrogen-bond donors (Lipinski definition) is 1. The third-order valence-electron chi connectivity index (χ3n) is 2.80. The molecule has 0 fully saturated rings. The van der Waals surface area contributed by atoms with E-state index in [9.17, 15) is 0 Å². The molecule has 1 aliphatic rings. The zero-order valence-corrected chi connectivity index (χ0v) is 9.39. The first-order valence-electron chi connectivity index (χ1n) is 5.29. The quantitative estimate of drug-likeness (QED) is 0.748. The molecule has 1 aromatic heterocycles. The van der Waals surface area contributed by atoms with Gasteiger partial charge in [0.25, 0.3) is 0 Å². The van der Waals surface area contributed by atoms with Crippen LogP contribution in [0.15, 0.2) is 29.0 Å². The van der Waals surface area contributed by atoms with Crippen molar-refractivity contribution in [3.05, 3.63) is 34.5 Å². The lowest BCUT2D eigenvalue weighted by molar-refractivity contribution is 0.426. The van der Waals surface area contributed by atoms with Crippen molar-refractivity contribution in [2.75, 3.05) is 0 Å². The molecule has 1 aliphatic carbocycles. The molecular weight excluding hydrogens is 190 g/mol. The van der Waals surface area contributed by atoms with Crippen LogP contribution in [0.25, 0.3) is 0 Å². The Balaban J connectivity index is 1.88. The van der Waals surface area contributed by atoms with Gasteiger partial charge in [-0.05, 0) is 48.6 Å². The highest BCUT2D eigenvalue weighted by molar-refractivity contribution is 7.07. The second-order valence-electron chi connectivity index (χ2n) is 3.93. The largest absolute Gasteiger partial charge is 0.307 e. The van der Waals surface area contributed by atoms with Gasteiger partial charge in [-0.15, -0.1) is 0 Å². The van der Waals surface area contributed by atoms with Gasteiger partial charge in [-0.1, -0.05) is 12.2 Å². The predicted octanol–water partition coefficient (Wildman–Crippen LogP) is 3.51. The highest BCUT2D eigenvalue weighted by Crippen LogP contribution is 2.19. The summed E-state index contributed by atoms with van der Waals surface area (Å²) in [4.78, 5) is 0. The molecule has 0 bridgehead atoms. The molecule has 2 rings (SSSR count). The van der Waals surface area contributed by atoms with E-state index in [2.05, 4.69) is 41.2 Å². The second-order valence-corrected chi connectivity index (χ2v) is 4.71. The lowest BCUT2D eigenvalue weighted by Crippen LogP contribution is -2.31. The van der Waals surface area contributed by atoms with E-state index in [4.69, 9.17) is 0 Å². The van der Waals surface area contributed by atoms with E-state index in [1.165, 1.54) is 24.8 Å². The molecule has 0 amide bonds. The van der Waals surface area contributed by atoms with E-state index >= 15 is 0 Å². The Morgan fingerprint density at radius 3 is 3.07 bits per heavy atom. The Bertz CT molecular complexity index is 289. The molecule has 0 aliphatic heterocycles. The molecule has 2 unspecified atom stereocenters. The summed E-state index contributed by atoms with van der Waals surface area (Å²) in [7, 11) is 0. The van der Waals surface area contributed by atoms with Gasteiger partial charge in [0.05, 0.1) is 0 Å². The molecule has 0 radical (unpaired) electrons. The van der Waals surface area contributed by atoms with E-state index in [1.807, 2.05) is 0 Å². The van der Waals surface area contributed by atoms with Crippen molar-refractivity contribution in [2.45, 2.75) is 38.3 Å². The number of hydrogen-bond acceptors (Lipinski definition) is 2. The minimum absolute atomic E-state index is 0.498. The monoisotopic (exact) mass is 207 g/mol. The van der Waals surface area contributed by atoms with Crippen molar-refractivity contribution in [3.63, 3.8) is 0 Å². The summed E-state index contributed by atoms with van der Waals surface area (Å²) in [5.74, 6) is 0. The van der Waals surface area contributed by atoms with Crippen LogP contribution in [0.5, 0.6) is 0 Å². The van der Waals surface area contributed by atoms with Crippen LogP contribution in [0.2, 0.25) is 0 Å². The van der Waals surface area contributed by atoms with Crippen LogP contribution in [0.4, 0.5) is 0 Å². The smallest absolute Gasteiger partial charge is 0.0302 e. The molecule has 0 saturated heterocycles. The molecule has 0 spiro atoms. The molecule has 2 atom stereocenters. The van der Waals surface area contributed by atoms with Gasteiger partial charge in [-0.25, -0.2) is 0 Å².